The standard InChI is InChI=1S/C17H29N3O/c1-16(2,3)14-10-19-15(21-14)11-20-9-5-7-17(13-20)6-4-8-18-12-17/h10,18H,4-9,11-13H2,1-3H3. The molecule has 0 aromatic carbocycles. The van der Waals surface area contributed by atoms with E-state index in [9.17, 15) is 0 Å². The zero-order valence-electron chi connectivity index (χ0n) is 13.7. The topological polar surface area (TPSA) is 41.3 Å². The molecule has 118 valence electrons. The summed E-state index contributed by atoms with van der Waals surface area (Å²) in [6, 6.07) is 0. The molecule has 0 amide bonds. The van der Waals surface area contributed by atoms with Crippen molar-refractivity contribution in [2.45, 2.75) is 58.4 Å². The summed E-state index contributed by atoms with van der Waals surface area (Å²) < 4.78 is 5.96. The minimum Gasteiger partial charge on any atom is -0.444 e. The second kappa shape index (κ2) is 5.73. The van der Waals surface area contributed by atoms with Gasteiger partial charge in [0, 0.05) is 18.5 Å². The van der Waals surface area contributed by atoms with E-state index < -0.39 is 0 Å². The van der Waals surface area contributed by atoms with Crippen LogP contribution in [0.2, 0.25) is 0 Å². The Morgan fingerprint density at radius 2 is 2.14 bits per heavy atom. The van der Waals surface area contributed by atoms with Gasteiger partial charge in [0.25, 0.3) is 0 Å². The number of hydrogen-bond acceptors (Lipinski definition) is 4. The van der Waals surface area contributed by atoms with Crippen LogP contribution in [-0.2, 0) is 12.0 Å². The van der Waals surface area contributed by atoms with Crippen LogP contribution in [0.25, 0.3) is 0 Å². The van der Waals surface area contributed by atoms with Gasteiger partial charge in [0.1, 0.15) is 5.76 Å². The molecule has 1 aromatic heterocycles. The molecular weight excluding hydrogens is 262 g/mol. The molecule has 1 atom stereocenters. The number of hydrogen-bond donors (Lipinski definition) is 1. The Bertz CT molecular complexity index is 463. The van der Waals surface area contributed by atoms with Gasteiger partial charge in [-0.3, -0.25) is 4.90 Å². The van der Waals surface area contributed by atoms with Gasteiger partial charge in [0.15, 0.2) is 0 Å². The van der Waals surface area contributed by atoms with E-state index in [0.29, 0.717) is 5.41 Å². The van der Waals surface area contributed by atoms with Crippen LogP contribution in [0, 0.1) is 5.41 Å². The number of aromatic nitrogens is 1. The molecule has 0 saturated carbocycles. The van der Waals surface area contributed by atoms with Crippen LogP contribution in [0.1, 0.15) is 58.1 Å². The van der Waals surface area contributed by atoms with Gasteiger partial charge in [0.2, 0.25) is 5.89 Å². The van der Waals surface area contributed by atoms with E-state index in [1.54, 1.807) is 0 Å². The molecule has 0 bridgehead atoms. The minimum atomic E-state index is 0.0433. The Labute approximate surface area is 128 Å². The minimum absolute atomic E-state index is 0.0433. The Kier molecular flexibility index (Phi) is 4.10. The molecule has 1 aromatic rings. The molecule has 0 aliphatic carbocycles. The monoisotopic (exact) mass is 291 g/mol. The number of oxazole rings is 1. The molecule has 2 fully saturated rings. The van der Waals surface area contributed by atoms with E-state index in [-0.39, 0.29) is 5.41 Å². The van der Waals surface area contributed by atoms with Crippen molar-refractivity contribution in [3.05, 3.63) is 17.8 Å². The SMILES string of the molecule is CC(C)(C)c1cnc(CN2CCCC3(CCCNC3)C2)o1. The lowest BCUT2D eigenvalue weighted by Gasteiger charge is -2.45. The lowest BCUT2D eigenvalue weighted by atomic mass is 9.74. The zero-order valence-corrected chi connectivity index (χ0v) is 13.7. The van der Waals surface area contributed by atoms with E-state index in [1.807, 2.05) is 6.20 Å². The second-order valence-corrected chi connectivity index (χ2v) is 7.96. The van der Waals surface area contributed by atoms with Crippen LogP contribution >= 0.6 is 0 Å². The van der Waals surface area contributed by atoms with Crippen molar-refractivity contribution in [2.24, 2.45) is 5.41 Å². The van der Waals surface area contributed by atoms with Crippen molar-refractivity contribution in [3.63, 3.8) is 0 Å². The first-order valence-corrected chi connectivity index (χ1v) is 8.35. The number of nitrogens with one attached hydrogen (secondary N) is 1. The summed E-state index contributed by atoms with van der Waals surface area (Å²) in [7, 11) is 0. The quantitative estimate of drug-likeness (QED) is 0.909. The maximum atomic E-state index is 5.96. The van der Waals surface area contributed by atoms with Gasteiger partial charge in [-0.15, -0.1) is 0 Å². The van der Waals surface area contributed by atoms with Crippen LogP contribution in [-0.4, -0.2) is 36.1 Å². The third kappa shape index (κ3) is 3.49. The normalized spacial score (nSPS) is 28.1. The van der Waals surface area contributed by atoms with Gasteiger partial charge in [-0.2, -0.15) is 0 Å². The molecule has 1 unspecified atom stereocenters. The largest absolute Gasteiger partial charge is 0.444 e. The lowest BCUT2D eigenvalue weighted by molar-refractivity contribution is 0.0546. The predicted octanol–water partition coefficient (Wildman–Crippen LogP) is 2.94. The number of likely N-dealkylation sites (tertiary alicyclic amines) is 1. The average molecular weight is 291 g/mol. The average Bonchev–Trinajstić information content (AvgIpc) is 2.88. The summed E-state index contributed by atoms with van der Waals surface area (Å²) in [5.74, 6) is 1.87. The molecule has 0 radical (unpaired) electrons. The molecule has 1 N–H and O–H groups in total. The number of rotatable bonds is 2. The van der Waals surface area contributed by atoms with Crippen LogP contribution < -0.4 is 5.32 Å². The second-order valence-electron chi connectivity index (χ2n) is 7.96. The summed E-state index contributed by atoms with van der Waals surface area (Å²) in [6.45, 7) is 12.1. The van der Waals surface area contributed by atoms with Gasteiger partial charge in [-0.25, -0.2) is 4.98 Å². The fraction of sp³-hybridized carbons (Fsp3) is 0.824. The molecule has 4 heteroatoms. The maximum Gasteiger partial charge on any atom is 0.208 e. The molecule has 1 spiro atoms. The van der Waals surface area contributed by atoms with Crippen LogP contribution in [0.3, 0.4) is 0 Å². The van der Waals surface area contributed by atoms with Crippen molar-refractivity contribution in [3.8, 4) is 0 Å². The summed E-state index contributed by atoms with van der Waals surface area (Å²) >= 11 is 0. The molecule has 2 aliphatic heterocycles. The summed E-state index contributed by atoms with van der Waals surface area (Å²) in [5, 5.41) is 3.59. The highest BCUT2D eigenvalue weighted by molar-refractivity contribution is 5.06. The highest BCUT2D eigenvalue weighted by Gasteiger charge is 2.36. The first kappa shape index (κ1) is 15.0. The van der Waals surface area contributed by atoms with Crippen LogP contribution in [0.4, 0.5) is 0 Å². The van der Waals surface area contributed by atoms with Gasteiger partial charge in [-0.1, -0.05) is 20.8 Å². The Morgan fingerprint density at radius 1 is 1.33 bits per heavy atom. The summed E-state index contributed by atoms with van der Waals surface area (Å²) in [5.41, 5.74) is 0.539. The van der Waals surface area contributed by atoms with Crippen molar-refractivity contribution in [2.75, 3.05) is 26.2 Å². The molecule has 4 nitrogen and oxygen atoms in total. The highest BCUT2D eigenvalue weighted by atomic mass is 16.4. The van der Waals surface area contributed by atoms with Crippen LogP contribution in [0.5, 0.6) is 0 Å². The van der Waals surface area contributed by atoms with E-state index in [1.165, 1.54) is 51.9 Å². The van der Waals surface area contributed by atoms with Crippen molar-refractivity contribution < 1.29 is 4.42 Å². The molecule has 3 rings (SSSR count). The molecular formula is C17H29N3O. The smallest absolute Gasteiger partial charge is 0.208 e. The number of nitrogens with zero attached hydrogens (tertiary/aromatic N) is 2. The number of piperidine rings is 2. The summed E-state index contributed by atoms with van der Waals surface area (Å²) in [6.07, 6.45) is 7.26. The fourth-order valence-electron chi connectivity index (χ4n) is 3.75. The molecule has 3 heterocycles. The van der Waals surface area contributed by atoms with Gasteiger partial charge < -0.3 is 9.73 Å². The Morgan fingerprint density at radius 3 is 2.81 bits per heavy atom. The summed E-state index contributed by atoms with van der Waals surface area (Å²) in [4.78, 5) is 7.02. The lowest BCUT2D eigenvalue weighted by Crippen LogP contribution is -2.50. The van der Waals surface area contributed by atoms with Gasteiger partial charge in [-0.05, 0) is 44.2 Å². The first-order valence-electron chi connectivity index (χ1n) is 8.35. The van der Waals surface area contributed by atoms with E-state index in [0.717, 1.165) is 18.2 Å². The van der Waals surface area contributed by atoms with Crippen molar-refractivity contribution in [1.82, 2.24) is 15.2 Å². The van der Waals surface area contributed by atoms with E-state index >= 15 is 0 Å². The zero-order chi connectivity index (χ0) is 14.9. The van der Waals surface area contributed by atoms with Crippen LogP contribution in [0.15, 0.2) is 10.6 Å². The maximum absolute atomic E-state index is 5.96. The molecule has 2 saturated heterocycles. The van der Waals surface area contributed by atoms with Crippen molar-refractivity contribution >= 4 is 0 Å². The fourth-order valence-corrected chi connectivity index (χ4v) is 3.75. The third-order valence-electron chi connectivity index (χ3n) is 4.95. The molecule has 2 aliphatic rings. The highest BCUT2D eigenvalue weighted by Crippen LogP contribution is 2.36. The predicted molar refractivity (Wildman–Crippen MR) is 84.3 cm³/mol. The third-order valence-corrected chi connectivity index (χ3v) is 4.95. The van der Waals surface area contributed by atoms with E-state index in [2.05, 4.69) is 36.0 Å². The Balaban J connectivity index is 1.63. The Hall–Kier alpha value is -0.870. The van der Waals surface area contributed by atoms with Crippen molar-refractivity contribution in [1.29, 1.82) is 0 Å². The molecule has 21 heavy (non-hydrogen) atoms. The van der Waals surface area contributed by atoms with E-state index in [4.69, 9.17) is 4.42 Å². The van der Waals surface area contributed by atoms with Gasteiger partial charge >= 0.3 is 0 Å². The van der Waals surface area contributed by atoms with Gasteiger partial charge in [0.05, 0.1) is 12.7 Å². The first-order chi connectivity index (χ1) is 9.97.